The second-order valence-electron chi connectivity index (χ2n) is 2.49. The predicted molar refractivity (Wildman–Crippen MR) is 70.5 cm³/mol. The van der Waals surface area contributed by atoms with Crippen LogP contribution in [0.4, 0.5) is 0 Å². The largest absolute Gasteiger partial charge is 0.114 e. The van der Waals surface area contributed by atoms with Crippen molar-refractivity contribution < 1.29 is 0 Å². The van der Waals surface area contributed by atoms with Crippen LogP contribution < -0.4 is 0 Å². The monoisotopic (exact) mass is 262 g/mol. The minimum atomic E-state index is -1.24. The summed E-state index contributed by atoms with van der Waals surface area (Å²) < 4.78 is -1.24. The van der Waals surface area contributed by atoms with E-state index in [1.54, 1.807) is 11.4 Å². The summed E-state index contributed by atoms with van der Waals surface area (Å²) in [6.07, 6.45) is 2.31. The molecule has 0 amide bonds. The summed E-state index contributed by atoms with van der Waals surface area (Å²) in [7, 11) is 0. The van der Waals surface area contributed by atoms with Crippen molar-refractivity contribution in [1.82, 2.24) is 0 Å². The maximum atomic E-state index is 5.70. The number of halogens is 1. The Morgan fingerprint density at radius 2 is 2.08 bits per heavy atom. The molecule has 2 unspecified atom stereocenters. The first kappa shape index (κ1) is 13.6. The van der Waals surface area contributed by atoms with Crippen molar-refractivity contribution >= 4 is 50.6 Å². The van der Waals surface area contributed by atoms with Crippen molar-refractivity contribution in [3.05, 3.63) is 0 Å². The summed E-state index contributed by atoms with van der Waals surface area (Å²) in [6, 6.07) is 0. The van der Waals surface area contributed by atoms with Gasteiger partial charge in [-0.1, -0.05) is 44.0 Å². The molecule has 0 heterocycles. The van der Waals surface area contributed by atoms with Crippen molar-refractivity contribution in [2.24, 2.45) is 0 Å². The van der Waals surface area contributed by atoms with Gasteiger partial charge in [0.05, 0.1) is 9.65 Å². The van der Waals surface area contributed by atoms with Crippen molar-refractivity contribution in [2.75, 3.05) is 11.4 Å². The number of alkyl halides is 1. The molecule has 0 N–H and O–H groups in total. The molecule has 0 aliphatic rings. The fourth-order valence-corrected chi connectivity index (χ4v) is 12.3. The van der Waals surface area contributed by atoms with Crippen molar-refractivity contribution in [3.63, 3.8) is 0 Å². The van der Waals surface area contributed by atoms with E-state index in [-0.39, 0.29) is 0 Å². The molecule has 0 fully saturated rings. The van der Waals surface area contributed by atoms with Crippen molar-refractivity contribution in [2.45, 2.75) is 32.4 Å². The molecular formula is C7H16ClPS3. The van der Waals surface area contributed by atoms with Gasteiger partial charge in [0.2, 0.25) is 0 Å². The molecule has 0 aromatic rings. The lowest BCUT2D eigenvalue weighted by atomic mass is 10.4. The second kappa shape index (κ2) is 7.00. The number of hydrogen-bond acceptors (Lipinski definition) is 3. The van der Waals surface area contributed by atoms with Gasteiger partial charge in [0.25, 0.3) is 0 Å². The van der Waals surface area contributed by atoms with E-state index in [2.05, 4.69) is 20.8 Å². The Labute approximate surface area is 94.1 Å². The van der Waals surface area contributed by atoms with Gasteiger partial charge in [-0.25, -0.2) is 0 Å². The summed E-state index contributed by atoms with van der Waals surface area (Å²) in [5.74, 6) is 0. The fourth-order valence-electron chi connectivity index (χ4n) is 0.619. The van der Waals surface area contributed by atoms with Gasteiger partial charge in [0.1, 0.15) is 0 Å². The molecular weight excluding hydrogens is 247 g/mol. The summed E-state index contributed by atoms with van der Waals surface area (Å²) >= 11 is 15.1. The average Bonchev–Trinajstić information content (AvgIpc) is 2.05. The molecule has 12 heavy (non-hydrogen) atoms. The highest BCUT2D eigenvalue weighted by Crippen LogP contribution is 2.70. The second-order valence-corrected chi connectivity index (χ2v) is 15.6. The zero-order valence-corrected chi connectivity index (χ0v) is 11.8. The normalized spacial score (nSPS) is 18.7. The zero-order valence-electron chi connectivity index (χ0n) is 7.75. The molecule has 0 aromatic heterocycles. The highest BCUT2D eigenvalue weighted by atomic mass is 35.5. The molecule has 0 saturated carbocycles. The van der Waals surface area contributed by atoms with Crippen molar-refractivity contribution in [3.8, 4) is 0 Å². The van der Waals surface area contributed by atoms with E-state index in [1.165, 1.54) is 6.42 Å². The van der Waals surface area contributed by atoms with Gasteiger partial charge >= 0.3 is 0 Å². The van der Waals surface area contributed by atoms with Crippen LogP contribution in [0.15, 0.2) is 0 Å². The Morgan fingerprint density at radius 3 is 2.42 bits per heavy atom. The zero-order chi connectivity index (χ0) is 9.61. The first-order chi connectivity index (χ1) is 5.58. The Morgan fingerprint density at radius 1 is 1.50 bits per heavy atom. The summed E-state index contributed by atoms with van der Waals surface area (Å²) in [5, 5.41) is 1.33. The van der Waals surface area contributed by atoms with Crippen LogP contribution in [0.25, 0.3) is 0 Å². The van der Waals surface area contributed by atoms with Gasteiger partial charge in [0.15, 0.2) is 0 Å². The Bertz CT molecular complexity index is 163. The topological polar surface area (TPSA) is 0 Å². The third kappa shape index (κ3) is 5.39. The molecule has 0 aliphatic carbocycles. The van der Waals surface area contributed by atoms with Crippen LogP contribution in [0.1, 0.15) is 27.2 Å². The molecule has 0 spiro atoms. The van der Waals surface area contributed by atoms with Crippen LogP contribution in [0, 0.1) is 0 Å². The molecule has 0 bridgehead atoms. The van der Waals surface area contributed by atoms with Gasteiger partial charge in [0, 0.05) is 5.25 Å². The lowest BCUT2D eigenvalue weighted by Gasteiger charge is -2.21. The summed E-state index contributed by atoms with van der Waals surface area (Å²) in [6.45, 7) is 6.63. The summed E-state index contributed by atoms with van der Waals surface area (Å²) in [4.78, 5) is 0. The van der Waals surface area contributed by atoms with Gasteiger partial charge in [-0.05, 0) is 12.6 Å². The van der Waals surface area contributed by atoms with Crippen LogP contribution >= 0.6 is 38.8 Å². The standard InChI is InChI=1S/C7H16ClPS3/c1-4-7(3)12-9(10,5-2)11-6-8/h7H,4-6H2,1-3H3. The predicted octanol–water partition coefficient (Wildman–Crippen LogP) is 4.78. The molecule has 0 aromatic carbocycles. The van der Waals surface area contributed by atoms with E-state index < -0.39 is 4.44 Å². The van der Waals surface area contributed by atoms with Gasteiger partial charge in [-0.3, -0.25) is 0 Å². The van der Waals surface area contributed by atoms with E-state index >= 15 is 0 Å². The first-order valence-electron chi connectivity index (χ1n) is 4.06. The Balaban J connectivity index is 4.04. The molecule has 74 valence electrons. The van der Waals surface area contributed by atoms with Crippen molar-refractivity contribution in [1.29, 1.82) is 0 Å². The third-order valence-electron chi connectivity index (χ3n) is 1.55. The molecule has 0 nitrogen and oxygen atoms in total. The van der Waals surface area contributed by atoms with E-state index in [4.69, 9.17) is 23.4 Å². The lowest BCUT2D eigenvalue weighted by molar-refractivity contribution is 0.912. The van der Waals surface area contributed by atoms with E-state index in [1.807, 2.05) is 11.4 Å². The van der Waals surface area contributed by atoms with Gasteiger partial charge in [-0.15, -0.1) is 23.0 Å². The Hall–Kier alpha value is 1.64. The minimum absolute atomic E-state index is 0.647. The SMILES string of the molecule is CCC(C)SP(=S)(CC)SCCl. The quantitative estimate of drug-likeness (QED) is 0.500. The minimum Gasteiger partial charge on any atom is -0.114 e. The molecule has 0 rings (SSSR count). The highest BCUT2D eigenvalue weighted by Gasteiger charge is 2.18. The van der Waals surface area contributed by atoms with Gasteiger partial charge in [-0.2, -0.15) is 0 Å². The van der Waals surface area contributed by atoms with Crippen LogP contribution in [0.2, 0.25) is 0 Å². The lowest BCUT2D eigenvalue weighted by Crippen LogP contribution is -1.91. The fraction of sp³-hybridized carbons (Fsp3) is 1.00. The molecule has 0 radical (unpaired) electrons. The molecule has 0 saturated heterocycles. The molecule has 5 heteroatoms. The van der Waals surface area contributed by atoms with Gasteiger partial charge < -0.3 is 0 Å². The van der Waals surface area contributed by atoms with E-state index in [0.717, 1.165) is 6.16 Å². The number of hydrogen-bond donors (Lipinski definition) is 0. The van der Waals surface area contributed by atoms with Crippen LogP contribution in [-0.4, -0.2) is 16.6 Å². The average molecular weight is 263 g/mol. The number of rotatable bonds is 6. The Kier molecular flexibility index (Phi) is 7.96. The van der Waals surface area contributed by atoms with Crippen LogP contribution in [0.3, 0.4) is 0 Å². The highest BCUT2D eigenvalue weighted by molar-refractivity contribution is 9.00. The smallest absolute Gasteiger partial charge is 0.0736 e. The summed E-state index contributed by atoms with van der Waals surface area (Å²) in [5.41, 5.74) is 0. The third-order valence-corrected chi connectivity index (χ3v) is 14.0. The van der Waals surface area contributed by atoms with Crippen LogP contribution in [0.5, 0.6) is 0 Å². The molecule has 0 aliphatic heterocycles. The molecule has 2 atom stereocenters. The van der Waals surface area contributed by atoms with E-state index in [0.29, 0.717) is 10.5 Å². The van der Waals surface area contributed by atoms with Crippen LogP contribution in [-0.2, 0) is 11.8 Å². The maximum absolute atomic E-state index is 5.70. The maximum Gasteiger partial charge on any atom is 0.0736 e. The van der Waals surface area contributed by atoms with E-state index in [9.17, 15) is 0 Å². The first-order valence-corrected chi connectivity index (χ1v) is 10.7.